The summed E-state index contributed by atoms with van der Waals surface area (Å²) in [7, 11) is 1.50. The van der Waals surface area contributed by atoms with E-state index in [0.717, 1.165) is 12.0 Å². The molecule has 0 radical (unpaired) electrons. The van der Waals surface area contributed by atoms with E-state index in [-0.39, 0.29) is 11.3 Å². The van der Waals surface area contributed by atoms with E-state index in [9.17, 15) is 0 Å². The fourth-order valence-electron chi connectivity index (χ4n) is 1.86. The molecule has 2 rings (SSSR count). The van der Waals surface area contributed by atoms with Gasteiger partial charge in [-0.3, -0.25) is 0 Å². The van der Waals surface area contributed by atoms with Crippen molar-refractivity contribution < 1.29 is 4.74 Å². The first-order valence-corrected chi connectivity index (χ1v) is 6.51. The summed E-state index contributed by atoms with van der Waals surface area (Å²) in [5.41, 5.74) is 2.17. The van der Waals surface area contributed by atoms with Gasteiger partial charge in [0, 0.05) is 5.56 Å². The van der Waals surface area contributed by atoms with Crippen LogP contribution in [-0.2, 0) is 6.42 Å². The average Bonchev–Trinajstić information content (AvgIpc) is 2.37. The van der Waals surface area contributed by atoms with Gasteiger partial charge in [-0.1, -0.05) is 32.0 Å². The van der Waals surface area contributed by atoms with Crippen molar-refractivity contribution in [3.05, 3.63) is 35.1 Å². The van der Waals surface area contributed by atoms with Crippen LogP contribution >= 0.6 is 11.6 Å². The molecule has 2 aromatic rings. The maximum Gasteiger partial charge on any atom is 0.321 e. The summed E-state index contributed by atoms with van der Waals surface area (Å²) >= 11 is 5.86. The largest absolute Gasteiger partial charge is 0.467 e. The second-order valence-electron chi connectivity index (χ2n) is 4.71. The zero-order valence-electron chi connectivity index (χ0n) is 11.2. The molecule has 1 aromatic heterocycles. The summed E-state index contributed by atoms with van der Waals surface area (Å²) in [6.07, 6.45) is 1.02. The topological polar surface area (TPSA) is 47.9 Å². The molecule has 5 heteroatoms. The van der Waals surface area contributed by atoms with E-state index in [2.05, 4.69) is 40.9 Å². The molecule has 100 valence electrons. The molecule has 19 heavy (non-hydrogen) atoms. The number of hydrogen-bond acceptors (Lipinski definition) is 4. The molecule has 1 heterocycles. The molecule has 4 nitrogen and oxygen atoms in total. The van der Waals surface area contributed by atoms with Crippen molar-refractivity contribution in [2.45, 2.75) is 20.3 Å². The smallest absolute Gasteiger partial charge is 0.321 e. The molecule has 0 amide bonds. The molecule has 0 bridgehead atoms. The van der Waals surface area contributed by atoms with Gasteiger partial charge < -0.3 is 4.74 Å². The van der Waals surface area contributed by atoms with E-state index in [0.29, 0.717) is 11.7 Å². The SMILES string of the molecule is COc1nc(Cl)nc(-c2cccc(CC(C)C)c2)n1. The Labute approximate surface area is 117 Å². The number of methoxy groups -OCH3 is 1. The number of hydrogen-bond donors (Lipinski definition) is 0. The second-order valence-corrected chi connectivity index (χ2v) is 5.05. The molecular weight excluding hydrogens is 262 g/mol. The number of rotatable bonds is 4. The first-order chi connectivity index (χ1) is 9.08. The minimum absolute atomic E-state index is 0.135. The van der Waals surface area contributed by atoms with Crippen LogP contribution in [0.25, 0.3) is 11.4 Å². The Morgan fingerprint density at radius 2 is 2.00 bits per heavy atom. The van der Waals surface area contributed by atoms with Crippen LogP contribution < -0.4 is 4.74 Å². The Kier molecular flexibility index (Phi) is 4.32. The summed E-state index contributed by atoms with van der Waals surface area (Å²) in [5, 5.41) is 0.135. The summed E-state index contributed by atoms with van der Waals surface area (Å²) < 4.78 is 5.01. The molecule has 0 aliphatic rings. The summed E-state index contributed by atoms with van der Waals surface area (Å²) in [5.74, 6) is 1.13. The maximum absolute atomic E-state index is 5.86. The number of benzene rings is 1. The van der Waals surface area contributed by atoms with Gasteiger partial charge >= 0.3 is 6.01 Å². The first kappa shape index (κ1) is 13.7. The average molecular weight is 278 g/mol. The molecule has 0 spiro atoms. The van der Waals surface area contributed by atoms with Crippen molar-refractivity contribution in [2.24, 2.45) is 5.92 Å². The Morgan fingerprint density at radius 3 is 2.68 bits per heavy atom. The Balaban J connectivity index is 2.38. The lowest BCUT2D eigenvalue weighted by Gasteiger charge is -2.07. The molecule has 0 fully saturated rings. The van der Waals surface area contributed by atoms with Gasteiger partial charge in [-0.05, 0) is 35.6 Å². The van der Waals surface area contributed by atoms with E-state index in [1.165, 1.54) is 12.7 Å². The van der Waals surface area contributed by atoms with Crippen LogP contribution in [0.15, 0.2) is 24.3 Å². The third kappa shape index (κ3) is 3.64. The van der Waals surface area contributed by atoms with E-state index < -0.39 is 0 Å². The molecule has 0 unspecified atom stereocenters. The van der Waals surface area contributed by atoms with Gasteiger partial charge in [0.05, 0.1) is 7.11 Å². The summed E-state index contributed by atoms with van der Waals surface area (Å²) in [4.78, 5) is 12.2. The highest BCUT2D eigenvalue weighted by molar-refractivity contribution is 6.28. The Bertz CT molecular complexity index is 572. The van der Waals surface area contributed by atoms with Crippen molar-refractivity contribution in [3.8, 4) is 17.4 Å². The highest BCUT2D eigenvalue weighted by Crippen LogP contribution is 2.21. The normalized spacial score (nSPS) is 10.8. The number of aromatic nitrogens is 3. The molecule has 0 aliphatic heterocycles. The van der Waals surface area contributed by atoms with Crippen LogP contribution in [0.4, 0.5) is 0 Å². The van der Waals surface area contributed by atoms with Gasteiger partial charge in [-0.2, -0.15) is 15.0 Å². The van der Waals surface area contributed by atoms with Gasteiger partial charge in [0.15, 0.2) is 5.82 Å². The fraction of sp³-hybridized carbons (Fsp3) is 0.357. The van der Waals surface area contributed by atoms with Crippen molar-refractivity contribution in [2.75, 3.05) is 7.11 Å². The van der Waals surface area contributed by atoms with Gasteiger partial charge in [0.2, 0.25) is 5.28 Å². The van der Waals surface area contributed by atoms with E-state index in [1.807, 2.05) is 12.1 Å². The third-order valence-corrected chi connectivity index (χ3v) is 2.77. The zero-order chi connectivity index (χ0) is 13.8. The predicted molar refractivity (Wildman–Crippen MR) is 75.4 cm³/mol. The molecule has 0 N–H and O–H groups in total. The van der Waals surface area contributed by atoms with Crippen molar-refractivity contribution in [1.82, 2.24) is 15.0 Å². The van der Waals surface area contributed by atoms with Crippen LogP contribution in [0, 0.1) is 5.92 Å². The molecule has 0 saturated carbocycles. The number of halogens is 1. The van der Waals surface area contributed by atoms with Gasteiger partial charge in [0.25, 0.3) is 0 Å². The minimum atomic E-state index is 0.135. The highest BCUT2D eigenvalue weighted by atomic mass is 35.5. The fourth-order valence-corrected chi connectivity index (χ4v) is 2.01. The van der Waals surface area contributed by atoms with Crippen molar-refractivity contribution in [3.63, 3.8) is 0 Å². The lowest BCUT2D eigenvalue weighted by atomic mass is 10.0. The standard InChI is InChI=1S/C14H16ClN3O/c1-9(2)7-10-5-4-6-11(8-10)12-16-13(15)18-14(17-12)19-3/h4-6,8-9H,7H2,1-3H3. The van der Waals surface area contributed by atoms with Gasteiger partial charge in [-0.15, -0.1) is 0 Å². The van der Waals surface area contributed by atoms with Crippen molar-refractivity contribution >= 4 is 11.6 Å². The summed E-state index contributed by atoms with van der Waals surface area (Å²) in [6, 6.07) is 8.35. The lowest BCUT2D eigenvalue weighted by Crippen LogP contribution is -1.99. The Hall–Kier alpha value is -1.68. The monoisotopic (exact) mass is 277 g/mol. The van der Waals surface area contributed by atoms with Gasteiger partial charge in [0.1, 0.15) is 0 Å². The van der Waals surface area contributed by atoms with Crippen LogP contribution in [0.3, 0.4) is 0 Å². The molecule has 0 aliphatic carbocycles. The zero-order valence-corrected chi connectivity index (χ0v) is 12.0. The van der Waals surface area contributed by atoms with Gasteiger partial charge in [-0.25, -0.2) is 0 Å². The number of nitrogens with zero attached hydrogens (tertiary/aromatic N) is 3. The quantitative estimate of drug-likeness (QED) is 0.859. The summed E-state index contributed by atoms with van der Waals surface area (Å²) in [6.45, 7) is 4.38. The first-order valence-electron chi connectivity index (χ1n) is 6.13. The molecular formula is C14H16ClN3O. The highest BCUT2D eigenvalue weighted by Gasteiger charge is 2.08. The Morgan fingerprint density at radius 1 is 1.21 bits per heavy atom. The van der Waals surface area contributed by atoms with E-state index in [1.54, 1.807) is 0 Å². The molecule has 0 atom stereocenters. The van der Waals surface area contributed by atoms with Crippen molar-refractivity contribution in [1.29, 1.82) is 0 Å². The number of ether oxygens (including phenoxy) is 1. The minimum Gasteiger partial charge on any atom is -0.467 e. The van der Waals surface area contributed by atoms with Crippen LogP contribution in [0.2, 0.25) is 5.28 Å². The maximum atomic E-state index is 5.86. The predicted octanol–water partition coefficient (Wildman–Crippen LogP) is 3.40. The van der Waals surface area contributed by atoms with Crippen LogP contribution in [0.1, 0.15) is 19.4 Å². The second kappa shape index (κ2) is 5.97. The van der Waals surface area contributed by atoms with Crippen LogP contribution in [0.5, 0.6) is 6.01 Å². The third-order valence-electron chi connectivity index (χ3n) is 2.60. The molecule has 1 aromatic carbocycles. The lowest BCUT2D eigenvalue weighted by molar-refractivity contribution is 0.379. The van der Waals surface area contributed by atoms with Crippen LogP contribution in [-0.4, -0.2) is 22.1 Å². The van der Waals surface area contributed by atoms with E-state index >= 15 is 0 Å². The van der Waals surface area contributed by atoms with E-state index in [4.69, 9.17) is 16.3 Å². The molecule has 0 saturated heterocycles.